The van der Waals surface area contributed by atoms with Crippen LogP contribution in [0.2, 0.25) is 0 Å². The van der Waals surface area contributed by atoms with Crippen LogP contribution in [-0.4, -0.2) is 50.7 Å². The molecule has 1 fully saturated rings. The monoisotopic (exact) mass is 368 g/mol. The zero-order valence-electron chi connectivity index (χ0n) is 16.6. The van der Waals surface area contributed by atoms with E-state index in [-0.39, 0.29) is 12.5 Å². The number of anilines is 1. The van der Waals surface area contributed by atoms with Crippen molar-refractivity contribution in [1.29, 1.82) is 0 Å². The Balaban J connectivity index is 1.54. The summed E-state index contributed by atoms with van der Waals surface area (Å²) in [6, 6.07) is 12.2. The van der Waals surface area contributed by atoms with Crippen molar-refractivity contribution < 1.29 is 14.3 Å². The molecular weight excluding hydrogens is 340 g/mol. The van der Waals surface area contributed by atoms with Crippen molar-refractivity contribution >= 4 is 11.6 Å². The Bertz CT molecular complexity index is 788. The highest BCUT2D eigenvalue weighted by molar-refractivity contribution is 5.78. The van der Waals surface area contributed by atoms with E-state index in [1.54, 1.807) is 7.11 Å². The van der Waals surface area contributed by atoms with Crippen LogP contribution in [0.15, 0.2) is 36.4 Å². The minimum atomic E-state index is 0.0414. The normalized spacial score (nSPS) is 14.2. The summed E-state index contributed by atoms with van der Waals surface area (Å²) in [6.45, 7) is 9.21. The smallest absolute Gasteiger partial charge is 0.260 e. The fourth-order valence-electron chi connectivity index (χ4n) is 3.64. The molecule has 0 unspecified atom stereocenters. The molecular formula is C22H28N2O3. The second-order valence-corrected chi connectivity index (χ2v) is 7.09. The summed E-state index contributed by atoms with van der Waals surface area (Å²) in [7, 11) is 1.67. The summed E-state index contributed by atoms with van der Waals surface area (Å²) in [5, 5.41) is 0. The molecule has 0 radical (unpaired) electrons. The van der Waals surface area contributed by atoms with Crippen molar-refractivity contribution in [2.75, 3.05) is 44.8 Å². The number of methoxy groups -OCH3 is 1. The lowest BCUT2D eigenvalue weighted by molar-refractivity contribution is -0.133. The molecule has 3 rings (SSSR count). The molecule has 144 valence electrons. The Morgan fingerprint density at radius 1 is 1.00 bits per heavy atom. The molecule has 0 aromatic heterocycles. The van der Waals surface area contributed by atoms with Crippen molar-refractivity contribution in [2.24, 2.45) is 0 Å². The highest BCUT2D eigenvalue weighted by atomic mass is 16.5. The molecule has 1 aliphatic heterocycles. The molecule has 5 nitrogen and oxygen atoms in total. The fourth-order valence-corrected chi connectivity index (χ4v) is 3.64. The van der Waals surface area contributed by atoms with Crippen LogP contribution < -0.4 is 14.4 Å². The Kier molecular flexibility index (Phi) is 5.89. The Morgan fingerprint density at radius 3 is 2.30 bits per heavy atom. The molecule has 1 aliphatic rings. The van der Waals surface area contributed by atoms with Crippen molar-refractivity contribution in [1.82, 2.24) is 4.90 Å². The second kappa shape index (κ2) is 8.33. The summed E-state index contributed by atoms with van der Waals surface area (Å²) in [6.07, 6.45) is 0. The lowest BCUT2D eigenvalue weighted by Crippen LogP contribution is -2.50. The van der Waals surface area contributed by atoms with Crippen LogP contribution >= 0.6 is 0 Å². The molecule has 0 bridgehead atoms. The number of hydrogen-bond acceptors (Lipinski definition) is 4. The number of hydrogen-bond donors (Lipinski definition) is 0. The Labute approximate surface area is 161 Å². The van der Waals surface area contributed by atoms with Crippen LogP contribution in [0.25, 0.3) is 0 Å². The number of ether oxygens (including phenoxy) is 2. The van der Waals surface area contributed by atoms with Gasteiger partial charge in [0.05, 0.1) is 7.11 Å². The predicted octanol–water partition coefficient (Wildman–Crippen LogP) is 3.35. The molecule has 2 aromatic carbocycles. The van der Waals surface area contributed by atoms with Gasteiger partial charge >= 0.3 is 0 Å². The maximum Gasteiger partial charge on any atom is 0.260 e. The number of carbonyl (C=O) groups excluding carboxylic acids is 1. The van der Waals surface area contributed by atoms with Crippen LogP contribution in [0, 0.1) is 20.8 Å². The number of aryl methyl sites for hydroxylation is 3. The third-order valence-corrected chi connectivity index (χ3v) is 5.00. The lowest BCUT2D eigenvalue weighted by Gasteiger charge is -2.36. The van der Waals surface area contributed by atoms with Crippen molar-refractivity contribution in [3.05, 3.63) is 53.1 Å². The average molecular weight is 368 g/mol. The van der Waals surface area contributed by atoms with E-state index in [0.717, 1.165) is 41.4 Å². The van der Waals surface area contributed by atoms with Gasteiger partial charge in [0.1, 0.15) is 11.5 Å². The highest BCUT2D eigenvalue weighted by Gasteiger charge is 2.22. The zero-order valence-corrected chi connectivity index (χ0v) is 16.6. The number of rotatable bonds is 5. The van der Waals surface area contributed by atoms with E-state index in [1.807, 2.05) is 36.9 Å². The fraction of sp³-hybridized carbons (Fsp3) is 0.409. The Hall–Kier alpha value is -2.69. The first-order valence-electron chi connectivity index (χ1n) is 9.35. The molecule has 0 N–H and O–H groups in total. The third-order valence-electron chi connectivity index (χ3n) is 5.00. The predicted molar refractivity (Wildman–Crippen MR) is 108 cm³/mol. The zero-order chi connectivity index (χ0) is 19.4. The van der Waals surface area contributed by atoms with Gasteiger partial charge in [-0.15, -0.1) is 0 Å². The van der Waals surface area contributed by atoms with E-state index in [4.69, 9.17) is 9.47 Å². The number of carbonyl (C=O) groups is 1. The van der Waals surface area contributed by atoms with Gasteiger partial charge in [0, 0.05) is 37.9 Å². The van der Waals surface area contributed by atoms with Gasteiger partial charge in [0.15, 0.2) is 6.61 Å². The van der Waals surface area contributed by atoms with Crippen LogP contribution in [0.4, 0.5) is 5.69 Å². The molecule has 1 amide bonds. The first kappa shape index (κ1) is 19.1. The quantitative estimate of drug-likeness (QED) is 0.812. The molecule has 27 heavy (non-hydrogen) atoms. The first-order chi connectivity index (χ1) is 13.0. The maximum atomic E-state index is 12.6. The van der Waals surface area contributed by atoms with E-state index in [0.29, 0.717) is 13.1 Å². The standard InChI is InChI=1S/C22H28N2O3/c1-16-12-17(2)22(18(3)13-16)27-15-21(25)24-10-8-23(9-11-24)19-6-5-7-20(14-19)26-4/h5-7,12-14H,8-11,15H2,1-4H3. The molecule has 1 heterocycles. The van der Waals surface area contributed by atoms with E-state index in [1.165, 1.54) is 5.56 Å². The summed E-state index contributed by atoms with van der Waals surface area (Å²) in [5.41, 5.74) is 4.48. The SMILES string of the molecule is COc1cccc(N2CCN(C(=O)COc3c(C)cc(C)cc3C)CC2)c1. The van der Waals surface area contributed by atoms with Gasteiger partial charge in [-0.2, -0.15) is 0 Å². The maximum absolute atomic E-state index is 12.6. The molecule has 5 heteroatoms. The van der Waals surface area contributed by atoms with Crippen molar-refractivity contribution in [3.63, 3.8) is 0 Å². The average Bonchev–Trinajstić information content (AvgIpc) is 2.67. The second-order valence-electron chi connectivity index (χ2n) is 7.09. The number of amides is 1. The minimum absolute atomic E-state index is 0.0414. The van der Waals surface area contributed by atoms with E-state index < -0.39 is 0 Å². The van der Waals surface area contributed by atoms with Gasteiger partial charge in [-0.1, -0.05) is 23.8 Å². The molecule has 2 aromatic rings. The molecule has 0 aliphatic carbocycles. The largest absolute Gasteiger partial charge is 0.497 e. The summed E-state index contributed by atoms with van der Waals surface area (Å²) >= 11 is 0. The van der Waals surface area contributed by atoms with Gasteiger partial charge < -0.3 is 19.3 Å². The van der Waals surface area contributed by atoms with E-state index in [2.05, 4.69) is 30.0 Å². The van der Waals surface area contributed by atoms with Crippen molar-refractivity contribution in [3.8, 4) is 11.5 Å². The van der Waals surface area contributed by atoms with Gasteiger partial charge in [-0.25, -0.2) is 0 Å². The Morgan fingerprint density at radius 2 is 1.67 bits per heavy atom. The van der Waals surface area contributed by atoms with Gasteiger partial charge in [0.2, 0.25) is 0 Å². The summed E-state index contributed by atoms with van der Waals surface area (Å²) in [4.78, 5) is 16.7. The number of piperazine rings is 1. The lowest BCUT2D eigenvalue weighted by atomic mass is 10.1. The van der Waals surface area contributed by atoms with Crippen LogP contribution in [0.5, 0.6) is 11.5 Å². The summed E-state index contributed by atoms with van der Waals surface area (Å²) in [5.74, 6) is 1.71. The highest BCUT2D eigenvalue weighted by Crippen LogP contribution is 2.25. The summed E-state index contributed by atoms with van der Waals surface area (Å²) < 4.78 is 11.2. The van der Waals surface area contributed by atoms with E-state index >= 15 is 0 Å². The first-order valence-corrected chi connectivity index (χ1v) is 9.35. The van der Waals surface area contributed by atoms with Gasteiger partial charge in [0.25, 0.3) is 5.91 Å². The molecule has 0 spiro atoms. The third kappa shape index (κ3) is 4.54. The molecule has 1 saturated heterocycles. The van der Waals surface area contributed by atoms with Crippen LogP contribution in [0.3, 0.4) is 0 Å². The van der Waals surface area contributed by atoms with Crippen molar-refractivity contribution in [2.45, 2.75) is 20.8 Å². The number of nitrogens with zero attached hydrogens (tertiary/aromatic N) is 2. The van der Waals surface area contributed by atoms with Gasteiger partial charge in [-0.05, 0) is 44.0 Å². The topological polar surface area (TPSA) is 42.0 Å². The van der Waals surface area contributed by atoms with Crippen LogP contribution in [0.1, 0.15) is 16.7 Å². The van der Waals surface area contributed by atoms with Crippen LogP contribution in [-0.2, 0) is 4.79 Å². The minimum Gasteiger partial charge on any atom is -0.497 e. The molecule has 0 atom stereocenters. The number of benzene rings is 2. The van der Waals surface area contributed by atoms with Gasteiger partial charge in [-0.3, -0.25) is 4.79 Å². The van der Waals surface area contributed by atoms with E-state index in [9.17, 15) is 4.79 Å². The molecule has 0 saturated carbocycles.